The second-order valence-corrected chi connectivity index (χ2v) is 2.66. The van der Waals surface area contributed by atoms with Crippen molar-refractivity contribution in [1.29, 1.82) is 0 Å². The molecule has 0 amide bonds. The zero-order chi connectivity index (χ0) is 10.3. The summed E-state index contributed by atoms with van der Waals surface area (Å²) < 4.78 is 0. The summed E-state index contributed by atoms with van der Waals surface area (Å²) in [7, 11) is 0. The van der Waals surface area contributed by atoms with Gasteiger partial charge in [-0.2, -0.15) is 0 Å². The first kappa shape index (κ1) is 12.0. The first-order chi connectivity index (χ1) is 6.17. The lowest BCUT2D eigenvalue weighted by Crippen LogP contribution is -2.07. The number of hydrogen-bond acceptors (Lipinski definition) is 3. The molecule has 0 radical (unpaired) electrons. The van der Waals surface area contributed by atoms with Crippen LogP contribution in [0.1, 0.15) is 0 Å². The Morgan fingerprint density at radius 2 is 1.77 bits per heavy atom. The number of nitrogens with one attached hydrogen (secondary N) is 1. The lowest BCUT2D eigenvalue weighted by molar-refractivity contribution is -0.122. The molecular formula is C7H8Cl2N2O2. The van der Waals surface area contributed by atoms with Crippen molar-refractivity contribution in [3.05, 3.63) is 28.2 Å². The molecule has 0 fully saturated rings. The summed E-state index contributed by atoms with van der Waals surface area (Å²) in [5, 5.41) is 7.94. The highest BCUT2D eigenvalue weighted by atomic mass is 35.5. The number of anilines is 1. The van der Waals surface area contributed by atoms with Gasteiger partial charge in [0.05, 0.1) is 15.7 Å². The molecule has 0 heterocycles. The highest BCUT2D eigenvalue weighted by Gasteiger charge is 2.00. The van der Waals surface area contributed by atoms with Gasteiger partial charge in [0.2, 0.25) is 0 Å². The van der Waals surface area contributed by atoms with E-state index in [1.165, 1.54) is 0 Å². The van der Waals surface area contributed by atoms with E-state index in [9.17, 15) is 0 Å². The van der Waals surface area contributed by atoms with Crippen molar-refractivity contribution < 1.29 is 9.90 Å². The number of carboxylic acid groups (broad SMARTS) is 1. The third-order valence-electron chi connectivity index (χ3n) is 1.11. The van der Waals surface area contributed by atoms with Crippen LogP contribution in [0, 0.1) is 0 Å². The maximum Gasteiger partial charge on any atom is 0.290 e. The van der Waals surface area contributed by atoms with Crippen molar-refractivity contribution in [3.8, 4) is 0 Å². The monoisotopic (exact) mass is 222 g/mol. The fourth-order valence-corrected chi connectivity index (χ4v) is 1.14. The van der Waals surface area contributed by atoms with Crippen molar-refractivity contribution in [2.75, 3.05) is 5.43 Å². The van der Waals surface area contributed by atoms with E-state index in [0.717, 1.165) is 0 Å². The largest absolute Gasteiger partial charge is 0.483 e. The Bertz CT molecular complexity index is 261. The predicted octanol–water partition coefficient (Wildman–Crippen LogP) is 1.98. The first-order valence-electron chi connectivity index (χ1n) is 3.15. The van der Waals surface area contributed by atoms with Crippen LogP contribution in [0.3, 0.4) is 0 Å². The zero-order valence-corrected chi connectivity index (χ0v) is 8.01. The van der Waals surface area contributed by atoms with E-state index in [0.29, 0.717) is 15.7 Å². The maximum atomic E-state index is 8.36. The Morgan fingerprint density at radius 1 is 1.38 bits per heavy atom. The summed E-state index contributed by atoms with van der Waals surface area (Å²) in [6, 6.07) is 5.18. The van der Waals surface area contributed by atoms with Gasteiger partial charge in [0.1, 0.15) is 0 Å². The van der Waals surface area contributed by atoms with Gasteiger partial charge in [-0.15, -0.1) is 0 Å². The number of nitrogen functional groups attached to an aromatic ring is 1. The summed E-state index contributed by atoms with van der Waals surface area (Å²) in [5.74, 6) is 5.13. The number of hydrogen-bond donors (Lipinski definition) is 3. The van der Waals surface area contributed by atoms with E-state index in [4.69, 9.17) is 38.9 Å². The van der Waals surface area contributed by atoms with Crippen LogP contribution in [0.2, 0.25) is 10.0 Å². The molecule has 0 saturated carbocycles. The molecule has 0 saturated heterocycles. The second kappa shape index (κ2) is 6.54. The molecule has 0 spiro atoms. The number of rotatable bonds is 1. The zero-order valence-electron chi connectivity index (χ0n) is 6.50. The van der Waals surface area contributed by atoms with Gasteiger partial charge in [0.25, 0.3) is 6.47 Å². The summed E-state index contributed by atoms with van der Waals surface area (Å²) in [5.41, 5.74) is 2.96. The van der Waals surface area contributed by atoms with Gasteiger partial charge < -0.3 is 10.5 Å². The lowest BCUT2D eigenvalue weighted by atomic mass is 10.3. The van der Waals surface area contributed by atoms with Crippen LogP contribution in [0.5, 0.6) is 0 Å². The summed E-state index contributed by atoms with van der Waals surface area (Å²) >= 11 is 11.4. The number of para-hydroxylation sites is 1. The van der Waals surface area contributed by atoms with Gasteiger partial charge >= 0.3 is 0 Å². The Labute approximate surface area is 85.2 Å². The number of nitrogens with two attached hydrogens (primary N) is 1. The van der Waals surface area contributed by atoms with Gasteiger partial charge in [0.15, 0.2) is 0 Å². The van der Waals surface area contributed by atoms with Crippen LogP contribution in [0.25, 0.3) is 0 Å². The van der Waals surface area contributed by atoms with Gasteiger partial charge in [-0.25, -0.2) is 0 Å². The number of benzene rings is 1. The van der Waals surface area contributed by atoms with E-state index in [2.05, 4.69) is 5.43 Å². The quantitative estimate of drug-likeness (QED) is 0.386. The third-order valence-corrected chi connectivity index (χ3v) is 1.74. The van der Waals surface area contributed by atoms with Crippen molar-refractivity contribution >= 4 is 35.4 Å². The summed E-state index contributed by atoms with van der Waals surface area (Å²) in [6.45, 7) is -0.250. The van der Waals surface area contributed by atoms with E-state index in [-0.39, 0.29) is 6.47 Å². The number of carbonyl (C=O) groups is 1. The average Bonchev–Trinajstić information content (AvgIpc) is 2.06. The second-order valence-electron chi connectivity index (χ2n) is 1.85. The van der Waals surface area contributed by atoms with Crippen molar-refractivity contribution in [2.45, 2.75) is 0 Å². The molecule has 0 atom stereocenters. The van der Waals surface area contributed by atoms with Crippen molar-refractivity contribution in [1.82, 2.24) is 0 Å². The summed E-state index contributed by atoms with van der Waals surface area (Å²) in [4.78, 5) is 8.36. The van der Waals surface area contributed by atoms with E-state index in [1.54, 1.807) is 18.2 Å². The number of halogens is 2. The van der Waals surface area contributed by atoms with E-state index < -0.39 is 0 Å². The molecule has 0 aliphatic carbocycles. The van der Waals surface area contributed by atoms with Crippen LogP contribution >= 0.6 is 23.2 Å². The van der Waals surface area contributed by atoms with Crippen LogP contribution in [-0.2, 0) is 4.79 Å². The van der Waals surface area contributed by atoms with Gasteiger partial charge in [-0.1, -0.05) is 29.3 Å². The Kier molecular flexibility index (Phi) is 6.05. The fourth-order valence-electron chi connectivity index (χ4n) is 0.636. The highest BCUT2D eigenvalue weighted by molar-refractivity contribution is 6.39. The molecule has 1 aromatic carbocycles. The van der Waals surface area contributed by atoms with Crippen molar-refractivity contribution in [2.24, 2.45) is 5.84 Å². The number of hydrazine groups is 1. The van der Waals surface area contributed by atoms with Crippen LogP contribution in [0.15, 0.2) is 18.2 Å². The topological polar surface area (TPSA) is 75.3 Å². The standard InChI is InChI=1S/C6H6Cl2N2.CH2O2/c7-4-2-1-3-5(8)6(4)10-9;2-1-3/h1-3,10H,9H2;1H,(H,2,3). The minimum absolute atomic E-state index is 0.250. The normalized spacial score (nSPS) is 8.23. The molecule has 0 bridgehead atoms. The molecule has 0 aromatic heterocycles. The molecule has 4 nitrogen and oxygen atoms in total. The Hall–Kier alpha value is -0.970. The van der Waals surface area contributed by atoms with Crippen molar-refractivity contribution in [3.63, 3.8) is 0 Å². The van der Waals surface area contributed by atoms with E-state index >= 15 is 0 Å². The minimum atomic E-state index is -0.250. The Balaban J connectivity index is 0.000000424. The van der Waals surface area contributed by atoms with Crippen LogP contribution in [0.4, 0.5) is 5.69 Å². The van der Waals surface area contributed by atoms with E-state index in [1.807, 2.05) is 0 Å². The molecule has 4 N–H and O–H groups in total. The lowest BCUT2D eigenvalue weighted by Gasteiger charge is -2.03. The fraction of sp³-hybridized carbons (Fsp3) is 0. The van der Waals surface area contributed by atoms with Crippen LogP contribution < -0.4 is 11.3 Å². The van der Waals surface area contributed by atoms with Gasteiger partial charge in [-0.05, 0) is 12.1 Å². The van der Waals surface area contributed by atoms with Crippen LogP contribution in [-0.4, -0.2) is 11.6 Å². The van der Waals surface area contributed by atoms with Gasteiger partial charge in [0, 0.05) is 0 Å². The third kappa shape index (κ3) is 3.98. The molecule has 0 unspecified atom stereocenters. The molecule has 72 valence electrons. The Morgan fingerprint density at radius 3 is 2.00 bits per heavy atom. The summed E-state index contributed by atoms with van der Waals surface area (Å²) in [6.07, 6.45) is 0. The highest BCUT2D eigenvalue weighted by Crippen LogP contribution is 2.28. The molecule has 13 heavy (non-hydrogen) atoms. The molecule has 0 aliphatic heterocycles. The molecule has 1 rings (SSSR count). The first-order valence-corrected chi connectivity index (χ1v) is 3.91. The maximum absolute atomic E-state index is 8.36. The molecular weight excluding hydrogens is 215 g/mol. The molecule has 1 aromatic rings. The van der Waals surface area contributed by atoms with Gasteiger partial charge in [-0.3, -0.25) is 10.6 Å². The SMILES string of the molecule is NNc1c(Cl)cccc1Cl.O=CO. The smallest absolute Gasteiger partial charge is 0.290 e. The molecule has 6 heteroatoms. The molecule has 0 aliphatic rings. The minimum Gasteiger partial charge on any atom is -0.483 e. The predicted molar refractivity (Wildman–Crippen MR) is 53.0 cm³/mol. The average molecular weight is 223 g/mol.